The average Bonchev–Trinajstić information content (AvgIpc) is 2.99. The van der Waals surface area contributed by atoms with Crippen molar-refractivity contribution in [2.45, 2.75) is 13.8 Å². The average molecular weight is 350 g/mol. The second kappa shape index (κ2) is 5.67. The Balaban J connectivity index is 2.11. The van der Waals surface area contributed by atoms with Crippen LogP contribution in [0, 0.1) is 13.8 Å². The van der Waals surface area contributed by atoms with Crippen molar-refractivity contribution in [2.24, 2.45) is 0 Å². The molecular formula is C19H18N4OS. The van der Waals surface area contributed by atoms with Crippen molar-refractivity contribution in [1.82, 2.24) is 14.8 Å². The predicted octanol–water partition coefficient (Wildman–Crippen LogP) is 3.68. The molecule has 0 spiro atoms. The summed E-state index contributed by atoms with van der Waals surface area (Å²) in [5.41, 5.74) is 3.71. The van der Waals surface area contributed by atoms with Gasteiger partial charge in [0, 0.05) is 36.8 Å². The molecule has 0 bridgehead atoms. The quantitative estimate of drug-likeness (QED) is 0.553. The number of thiophene rings is 1. The third-order valence-corrected chi connectivity index (χ3v) is 5.41. The molecule has 0 saturated carbocycles. The molecule has 3 aromatic heterocycles. The van der Waals surface area contributed by atoms with Crippen molar-refractivity contribution < 1.29 is 0 Å². The van der Waals surface area contributed by atoms with Gasteiger partial charge in [-0.25, -0.2) is 4.98 Å². The van der Waals surface area contributed by atoms with Gasteiger partial charge in [-0.2, -0.15) is 9.78 Å². The topological polar surface area (TPSA) is 51.0 Å². The van der Waals surface area contributed by atoms with Crippen LogP contribution in [0.25, 0.3) is 26.0 Å². The predicted molar refractivity (Wildman–Crippen MR) is 104 cm³/mol. The molecule has 0 saturated heterocycles. The lowest BCUT2D eigenvalue weighted by atomic mass is 10.1. The van der Waals surface area contributed by atoms with Gasteiger partial charge in [0.15, 0.2) is 0 Å². The maximum Gasteiger partial charge on any atom is 0.289 e. The van der Waals surface area contributed by atoms with E-state index in [0.29, 0.717) is 4.70 Å². The summed E-state index contributed by atoms with van der Waals surface area (Å²) in [5, 5.41) is 6.50. The number of hydrogen-bond acceptors (Lipinski definition) is 5. The molecule has 0 aliphatic heterocycles. The Morgan fingerprint density at radius 1 is 1.04 bits per heavy atom. The van der Waals surface area contributed by atoms with Gasteiger partial charge in [0.2, 0.25) is 0 Å². The minimum absolute atomic E-state index is 0.0999. The Morgan fingerprint density at radius 3 is 2.44 bits per heavy atom. The third kappa shape index (κ3) is 2.41. The molecule has 0 amide bonds. The van der Waals surface area contributed by atoms with E-state index in [0.717, 1.165) is 38.2 Å². The van der Waals surface area contributed by atoms with Gasteiger partial charge in [-0.1, -0.05) is 17.7 Å². The molecule has 0 aliphatic carbocycles. The second-order valence-electron chi connectivity index (χ2n) is 6.35. The first-order chi connectivity index (χ1) is 12.0. The molecule has 0 atom stereocenters. The highest BCUT2D eigenvalue weighted by atomic mass is 32.1. The molecule has 4 aromatic rings. The number of pyridine rings is 1. The number of benzene rings is 1. The van der Waals surface area contributed by atoms with Crippen molar-refractivity contribution >= 4 is 37.3 Å². The standard InChI is InChI=1S/C19H18N4OS/c1-11-5-7-13(8-6-11)23-19(24)17-15(12(2)21-23)16-14(22(3)4)9-10-20-18(16)25-17/h5-10H,1-4H3. The molecule has 4 rings (SSSR count). The second-order valence-corrected chi connectivity index (χ2v) is 7.35. The monoisotopic (exact) mass is 350 g/mol. The van der Waals surface area contributed by atoms with Crippen LogP contribution in [0.5, 0.6) is 0 Å². The van der Waals surface area contributed by atoms with Crippen molar-refractivity contribution in [1.29, 1.82) is 0 Å². The molecule has 1 aromatic carbocycles. The summed E-state index contributed by atoms with van der Waals surface area (Å²) in [7, 11) is 3.99. The van der Waals surface area contributed by atoms with Crippen LogP contribution in [-0.4, -0.2) is 28.9 Å². The lowest BCUT2D eigenvalue weighted by Gasteiger charge is -2.14. The zero-order valence-corrected chi connectivity index (χ0v) is 15.4. The number of anilines is 1. The van der Waals surface area contributed by atoms with Gasteiger partial charge in [0.25, 0.3) is 5.56 Å². The van der Waals surface area contributed by atoms with Gasteiger partial charge in [-0.3, -0.25) is 4.79 Å². The maximum atomic E-state index is 13.1. The highest BCUT2D eigenvalue weighted by molar-refractivity contribution is 7.25. The van der Waals surface area contributed by atoms with Gasteiger partial charge in [0.1, 0.15) is 9.53 Å². The van der Waals surface area contributed by atoms with E-state index >= 15 is 0 Å². The minimum atomic E-state index is -0.0999. The number of nitrogens with zero attached hydrogens (tertiary/aromatic N) is 4. The summed E-state index contributed by atoms with van der Waals surface area (Å²) in [6, 6.07) is 9.79. The van der Waals surface area contributed by atoms with Gasteiger partial charge >= 0.3 is 0 Å². The molecule has 0 unspecified atom stereocenters. The summed E-state index contributed by atoms with van der Waals surface area (Å²) < 4.78 is 2.19. The van der Waals surface area contributed by atoms with Crippen LogP contribution >= 0.6 is 11.3 Å². The SMILES string of the molecule is Cc1ccc(-n2nc(C)c3c(sc4nccc(N(C)C)c43)c2=O)cc1. The highest BCUT2D eigenvalue weighted by Gasteiger charge is 2.19. The summed E-state index contributed by atoms with van der Waals surface area (Å²) >= 11 is 1.43. The van der Waals surface area contributed by atoms with Crippen LogP contribution in [0.15, 0.2) is 41.3 Å². The zero-order valence-electron chi connectivity index (χ0n) is 14.6. The largest absolute Gasteiger partial charge is 0.377 e. The van der Waals surface area contributed by atoms with Crippen LogP contribution in [0.3, 0.4) is 0 Å². The van der Waals surface area contributed by atoms with Crippen LogP contribution in [0.4, 0.5) is 5.69 Å². The highest BCUT2D eigenvalue weighted by Crippen LogP contribution is 2.37. The van der Waals surface area contributed by atoms with Gasteiger partial charge in [-0.15, -0.1) is 11.3 Å². The van der Waals surface area contributed by atoms with Crippen molar-refractivity contribution in [3.05, 3.63) is 58.1 Å². The number of rotatable bonds is 2. The molecule has 3 heterocycles. The van der Waals surface area contributed by atoms with Crippen LogP contribution in [0.2, 0.25) is 0 Å². The Kier molecular flexibility index (Phi) is 3.58. The Labute approximate surface area is 149 Å². The fourth-order valence-electron chi connectivity index (χ4n) is 3.08. The van der Waals surface area contributed by atoms with E-state index in [2.05, 4.69) is 10.1 Å². The minimum Gasteiger partial charge on any atom is -0.377 e. The molecule has 6 heteroatoms. The van der Waals surface area contributed by atoms with Crippen molar-refractivity contribution in [3.8, 4) is 5.69 Å². The van der Waals surface area contributed by atoms with E-state index in [1.807, 2.05) is 63.2 Å². The Bertz CT molecular complexity index is 1160. The van der Waals surface area contributed by atoms with Crippen molar-refractivity contribution in [2.75, 3.05) is 19.0 Å². The smallest absolute Gasteiger partial charge is 0.289 e. The Morgan fingerprint density at radius 2 is 1.76 bits per heavy atom. The molecular weight excluding hydrogens is 332 g/mol. The first-order valence-corrected chi connectivity index (χ1v) is 8.84. The van der Waals surface area contributed by atoms with E-state index < -0.39 is 0 Å². The van der Waals surface area contributed by atoms with Gasteiger partial charge < -0.3 is 4.90 Å². The van der Waals surface area contributed by atoms with E-state index in [9.17, 15) is 4.79 Å². The lowest BCUT2D eigenvalue weighted by molar-refractivity contribution is 0.803. The van der Waals surface area contributed by atoms with Crippen LogP contribution < -0.4 is 10.5 Å². The van der Waals surface area contributed by atoms with Gasteiger partial charge in [0.05, 0.1) is 11.4 Å². The molecule has 0 N–H and O–H groups in total. The third-order valence-electron chi connectivity index (χ3n) is 4.33. The fraction of sp³-hybridized carbons (Fsp3) is 0.211. The summed E-state index contributed by atoms with van der Waals surface area (Å²) in [6.07, 6.45) is 1.79. The number of aryl methyl sites for hydroxylation is 2. The summed E-state index contributed by atoms with van der Waals surface area (Å²) in [5.74, 6) is 0. The van der Waals surface area contributed by atoms with E-state index in [-0.39, 0.29) is 5.56 Å². The molecule has 0 radical (unpaired) electrons. The maximum absolute atomic E-state index is 13.1. The molecule has 126 valence electrons. The number of hydrogen-bond donors (Lipinski definition) is 0. The molecule has 0 aliphatic rings. The number of aromatic nitrogens is 3. The first-order valence-electron chi connectivity index (χ1n) is 8.03. The van der Waals surface area contributed by atoms with Crippen molar-refractivity contribution in [3.63, 3.8) is 0 Å². The summed E-state index contributed by atoms with van der Waals surface area (Å²) in [6.45, 7) is 3.97. The van der Waals surface area contributed by atoms with E-state index in [1.54, 1.807) is 6.20 Å². The fourth-order valence-corrected chi connectivity index (χ4v) is 4.22. The molecule has 0 fully saturated rings. The van der Waals surface area contributed by atoms with Crippen LogP contribution in [0.1, 0.15) is 11.3 Å². The van der Waals surface area contributed by atoms with E-state index in [1.165, 1.54) is 16.0 Å². The molecule has 25 heavy (non-hydrogen) atoms. The van der Waals surface area contributed by atoms with Gasteiger partial charge in [-0.05, 0) is 32.0 Å². The molecule has 5 nitrogen and oxygen atoms in total. The summed E-state index contributed by atoms with van der Waals surface area (Å²) in [4.78, 5) is 20.5. The normalized spacial score (nSPS) is 11.4. The van der Waals surface area contributed by atoms with E-state index in [4.69, 9.17) is 0 Å². The number of fused-ring (bicyclic) bond motifs is 3. The Hall–Kier alpha value is -2.73. The first kappa shape index (κ1) is 15.8. The van der Waals surface area contributed by atoms with Crippen LogP contribution in [-0.2, 0) is 0 Å². The zero-order chi connectivity index (χ0) is 17.7. The lowest BCUT2D eigenvalue weighted by Crippen LogP contribution is -2.21.